The Morgan fingerprint density at radius 1 is 1.11 bits per heavy atom. The smallest absolute Gasteiger partial charge is 0.258 e. The molecule has 0 radical (unpaired) electrons. The molecule has 1 heterocycles. The standard InChI is InChI=1S/C22H27N3OS/c1-15(2)25(11-12-27-18-10-9-16(3)17(4)13-18)14-21-23-20-8-6-5-7-19(20)22(26)24-21/h5-10,13,15H,11-12,14H2,1-4H3,(H,23,24,26). The molecule has 0 saturated carbocycles. The van der Waals surface area contributed by atoms with Gasteiger partial charge in [0.15, 0.2) is 0 Å². The number of hydrogen-bond acceptors (Lipinski definition) is 4. The zero-order valence-corrected chi connectivity index (χ0v) is 17.3. The van der Waals surface area contributed by atoms with Crippen molar-refractivity contribution in [2.75, 3.05) is 12.3 Å². The third-order valence-corrected chi connectivity index (χ3v) is 5.84. The maximum absolute atomic E-state index is 12.3. The molecule has 1 N–H and O–H groups in total. The molecular weight excluding hydrogens is 354 g/mol. The van der Waals surface area contributed by atoms with E-state index in [1.54, 1.807) is 0 Å². The van der Waals surface area contributed by atoms with Crippen molar-refractivity contribution in [2.24, 2.45) is 0 Å². The number of thioether (sulfide) groups is 1. The summed E-state index contributed by atoms with van der Waals surface area (Å²) in [6, 6.07) is 14.5. The fourth-order valence-corrected chi connectivity index (χ4v) is 3.99. The van der Waals surface area contributed by atoms with E-state index in [4.69, 9.17) is 0 Å². The molecule has 0 aliphatic rings. The maximum atomic E-state index is 12.3. The number of benzene rings is 2. The second-order valence-corrected chi connectivity index (χ2v) is 8.36. The zero-order chi connectivity index (χ0) is 19.4. The largest absolute Gasteiger partial charge is 0.309 e. The first-order chi connectivity index (χ1) is 12.9. The molecule has 0 fully saturated rings. The van der Waals surface area contributed by atoms with Gasteiger partial charge in [-0.1, -0.05) is 18.2 Å². The molecule has 0 atom stereocenters. The third-order valence-electron chi connectivity index (χ3n) is 4.87. The average molecular weight is 382 g/mol. The lowest BCUT2D eigenvalue weighted by Crippen LogP contribution is -2.33. The van der Waals surface area contributed by atoms with Gasteiger partial charge >= 0.3 is 0 Å². The summed E-state index contributed by atoms with van der Waals surface area (Å²) >= 11 is 1.87. The van der Waals surface area contributed by atoms with Crippen molar-refractivity contribution in [1.82, 2.24) is 14.9 Å². The molecule has 5 heteroatoms. The van der Waals surface area contributed by atoms with Crippen molar-refractivity contribution in [1.29, 1.82) is 0 Å². The van der Waals surface area contributed by atoms with E-state index in [1.807, 2.05) is 36.0 Å². The lowest BCUT2D eigenvalue weighted by molar-refractivity contribution is 0.221. The van der Waals surface area contributed by atoms with Gasteiger partial charge in [0, 0.05) is 23.2 Å². The molecule has 0 spiro atoms. The third kappa shape index (κ3) is 4.99. The predicted molar refractivity (Wildman–Crippen MR) is 115 cm³/mol. The quantitative estimate of drug-likeness (QED) is 0.610. The predicted octanol–water partition coefficient (Wildman–Crippen LogP) is 4.54. The number of nitrogens with zero attached hydrogens (tertiary/aromatic N) is 2. The summed E-state index contributed by atoms with van der Waals surface area (Å²) < 4.78 is 0. The Balaban J connectivity index is 1.67. The van der Waals surface area contributed by atoms with Crippen LogP contribution >= 0.6 is 11.8 Å². The highest BCUT2D eigenvalue weighted by Crippen LogP contribution is 2.21. The second-order valence-electron chi connectivity index (χ2n) is 7.19. The van der Waals surface area contributed by atoms with Crippen LogP contribution in [0, 0.1) is 13.8 Å². The van der Waals surface area contributed by atoms with E-state index in [-0.39, 0.29) is 5.56 Å². The molecule has 0 saturated heterocycles. The van der Waals surface area contributed by atoms with E-state index in [9.17, 15) is 4.79 Å². The van der Waals surface area contributed by atoms with Crippen molar-refractivity contribution >= 4 is 22.7 Å². The minimum absolute atomic E-state index is 0.0659. The number of H-pyrrole nitrogens is 1. The number of nitrogens with one attached hydrogen (secondary N) is 1. The summed E-state index contributed by atoms with van der Waals surface area (Å²) in [5.74, 6) is 1.72. The topological polar surface area (TPSA) is 49.0 Å². The van der Waals surface area contributed by atoms with Crippen LogP contribution in [0.1, 0.15) is 30.8 Å². The molecule has 4 nitrogen and oxygen atoms in total. The lowest BCUT2D eigenvalue weighted by atomic mass is 10.1. The summed E-state index contributed by atoms with van der Waals surface area (Å²) in [6.07, 6.45) is 0. The summed E-state index contributed by atoms with van der Waals surface area (Å²) in [4.78, 5) is 23.5. The number of rotatable bonds is 7. The van der Waals surface area contributed by atoms with Crippen LogP contribution in [0.3, 0.4) is 0 Å². The molecule has 0 amide bonds. The Labute approximate surface area is 165 Å². The van der Waals surface area contributed by atoms with E-state index >= 15 is 0 Å². The van der Waals surface area contributed by atoms with E-state index in [1.165, 1.54) is 16.0 Å². The Kier molecular flexibility index (Phi) is 6.34. The van der Waals surface area contributed by atoms with Crippen LogP contribution in [0.25, 0.3) is 10.9 Å². The van der Waals surface area contributed by atoms with Crippen molar-refractivity contribution < 1.29 is 0 Å². The molecular formula is C22H27N3OS. The Hall–Kier alpha value is -2.11. The molecule has 0 aliphatic carbocycles. The van der Waals surface area contributed by atoms with Crippen LogP contribution in [0.15, 0.2) is 52.2 Å². The fourth-order valence-electron chi connectivity index (χ4n) is 3.01. The molecule has 2 aromatic carbocycles. The van der Waals surface area contributed by atoms with Gasteiger partial charge in [0.1, 0.15) is 5.82 Å². The van der Waals surface area contributed by atoms with Gasteiger partial charge in [-0.2, -0.15) is 0 Å². The highest BCUT2D eigenvalue weighted by atomic mass is 32.2. The van der Waals surface area contributed by atoms with Crippen LogP contribution in [0.2, 0.25) is 0 Å². The molecule has 0 aliphatic heterocycles. The van der Waals surface area contributed by atoms with Crippen molar-refractivity contribution in [3.05, 3.63) is 69.8 Å². The molecule has 0 bridgehead atoms. The highest BCUT2D eigenvalue weighted by molar-refractivity contribution is 7.99. The first kappa shape index (κ1) is 19.6. The summed E-state index contributed by atoms with van der Waals surface area (Å²) in [5, 5.41) is 0.641. The van der Waals surface area contributed by atoms with Gasteiger partial charge < -0.3 is 4.98 Å². The number of aromatic nitrogens is 2. The number of fused-ring (bicyclic) bond motifs is 1. The highest BCUT2D eigenvalue weighted by Gasteiger charge is 2.13. The van der Waals surface area contributed by atoms with Crippen LogP contribution in [-0.4, -0.2) is 33.2 Å². The molecule has 0 unspecified atom stereocenters. The van der Waals surface area contributed by atoms with Crippen molar-refractivity contribution in [3.63, 3.8) is 0 Å². The van der Waals surface area contributed by atoms with Gasteiger partial charge in [-0.15, -0.1) is 11.8 Å². The SMILES string of the molecule is Cc1ccc(SCCN(Cc2nc3ccccc3c(=O)[nH]2)C(C)C)cc1C. The average Bonchev–Trinajstić information content (AvgIpc) is 2.64. The van der Waals surface area contributed by atoms with Crippen LogP contribution in [0.4, 0.5) is 0 Å². The first-order valence-electron chi connectivity index (χ1n) is 9.36. The first-order valence-corrected chi connectivity index (χ1v) is 10.3. The zero-order valence-electron chi connectivity index (χ0n) is 16.5. The molecule has 3 rings (SSSR count). The molecule has 142 valence electrons. The Morgan fingerprint density at radius 2 is 1.89 bits per heavy atom. The number of aryl methyl sites for hydroxylation is 2. The van der Waals surface area contributed by atoms with Gasteiger partial charge in [-0.3, -0.25) is 9.69 Å². The van der Waals surface area contributed by atoms with Crippen LogP contribution in [0.5, 0.6) is 0 Å². The molecule has 27 heavy (non-hydrogen) atoms. The van der Waals surface area contributed by atoms with Crippen molar-refractivity contribution in [2.45, 2.75) is 45.2 Å². The monoisotopic (exact) mass is 381 g/mol. The fraction of sp³-hybridized carbons (Fsp3) is 0.364. The lowest BCUT2D eigenvalue weighted by Gasteiger charge is -2.25. The molecule has 1 aromatic heterocycles. The van der Waals surface area contributed by atoms with E-state index in [2.05, 4.69) is 60.8 Å². The Bertz CT molecular complexity index is 981. The van der Waals surface area contributed by atoms with Gasteiger partial charge in [0.05, 0.1) is 17.4 Å². The van der Waals surface area contributed by atoms with Crippen LogP contribution in [-0.2, 0) is 6.54 Å². The van der Waals surface area contributed by atoms with Crippen molar-refractivity contribution in [3.8, 4) is 0 Å². The second kappa shape index (κ2) is 8.72. The normalized spacial score (nSPS) is 11.6. The number of para-hydroxylation sites is 1. The number of hydrogen-bond donors (Lipinski definition) is 1. The van der Waals surface area contributed by atoms with Crippen LogP contribution < -0.4 is 5.56 Å². The van der Waals surface area contributed by atoms with Gasteiger partial charge in [0.25, 0.3) is 5.56 Å². The summed E-state index contributed by atoms with van der Waals surface area (Å²) in [6.45, 7) is 10.2. The van der Waals surface area contributed by atoms with E-state index in [0.717, 1.165) is 23.6 Å². The minimum atomic E-state index is -0.0659. The number of aromatic amines is 1. The molecule has 3 aromatic rings. The minimum Gasteiger partial charge on any atom is -0.309 e. The maximum Gasteiger partial charge on any atom is 0.258 e. The Morgan fingerprint density at radius 3 is 2.63 bits per heavy atom. The summed E-state index contributed by atoms with van der Waals surface area (Å²) in [7, 11) is 0. The van der Waals surface area contributed by atoms with Gasteiger partial charge in [-0.05, 0) is 63.1 Å². The van der Waals surface area contributed by atoms with E-state index < -0.39 is 0 Å². The van der Waals surface area contributed by atoms with E-state index in [0.29, 0.717) is 18.0 Å². The van der Waals surface area contributed by atoms with Gasteiger partial charge in [0.2, 0.25) is 0 Å². The van der Waals surface area contributed by atoms with Gasteiger partial charge in [-0.25, -0.2) is 4.98 Å². The summed E-state index contributed by atoms with van der Waals surface area (Å²) in [5.41, 5.74) is 3.35.